The molecule has 0 unspecified atom stereocenters. The van der Waals surface area contributed by atoms with Gasteiger partial charge in [-0.2, -0.15) is 0 Å². The Kier molecular flexibility index (Phi) is 5.71. The highest BCUT2D eigenvalue weighted by molar-refractivity contribution is 7.65. The number of para-hydroxylation sites is 1. The second-order valence-electron chi connectivity index (χ2n) is 3.66. The molecule has 0 aliphatic carbocycles. The lowest BCUT2D eigenvalue weighted by atomic mass is 10.3. The molecular formula is C13H21OP. The average Bonchev–Trinajstić information content (AvgIpc) is 2.29. The molecule has 0 spiro atoms. The minimum absolute atomic E-state index is 0.00759. The van der Waals surface area contributed by atoms with Gasteiger partial charge in [-0.25, -0.2) is 0 Å². The van der Waals surface area contributed by atoms with E-state index in [2.05, 4.69) is 32.0 Å². The van der Waals surface area contributed by atoms with Crippen molar-refractivity contribution in [2.45, 2.75) is 26.7 Å². The highest BCUT2D eigenvalue weighted by Gasteiger charge is 2.12. The van der Waals surface area contributed by atoms with E-state index in [9.17, 15) is 0 Å². The van der Waals surface area contributed by atoms with E-state index < -0.39 is 0 Å². The maximum atomic E-state index is 5.44. The summed E-state index contributed by atoms with van der Waals surface area (Å²) in [5.41, 5.74) is 0. The van der Waals surface area contributed by atoms with E-state index >= 15 is 0 Å². The van der Waals surface area contributed by atoms with E-state index in [0.717, 1.165) is 5.75 Å². The van der Waals surface area contributed by atoms with Crippen molar-refractivity contribution < 1.29 is 4.74 Å². The summed E-state index contributed by atoms with van der Waals surface area (Å²) in [6.45, 7) is 4.53. The Morgan fingerprint density at radius 1 is 1.07 bits per heavy atom. The van der Waals surface area contributed by atoms with Crippen LogP contribution in [0.5, 0.6) is 5.75 Å². The molecule has 1 aromatic carbocycles. The van der Waals surface area contributed by atoms with E-state index in [1.165, 1.54) is 30.5 Å². The Morgan fingerprint density at radius 3 is 2.20 bits per heavy atom. The molecule has 0 saturated heterocycles. The van der Waals surface area contributed by atoms with Crippen molar-refractivity contribution in [3.63, 3.8) is 0 Å². The minimum atomic E-state index is -0.00759. The quantitative estimate of drug-likeness (QED) is 0.670. The lowest BCUT2D eigenvalue weighted by molar-refractivity contribution is 0.418. The fraction of sp³-hybridized carbons (Fsp3) is 0.538. The maximum Gasteiger partial charge on any atom is 0.126 e. The maximum absolute atomic E-state index is 5.44. The van der Waals surface area contributed by atoms with Crippen LogP contribution < -0.4 is 10.0 Å². The monoisotopic (exact) mass is 224 g/mol. The molecule has 0 aromatic heterocycles. The van der Waals surface area contributed by atoms with Crippen LogP contribution in [-0.2, 0) is 0 Å². The van der Waals surface area contributed by atoms with Crippen molar-refractivity contribution in [3.05, 3.63) is 24.3 Å². The van der Waals surface area contributed by atoms with Gasteiger partial charge in [-0.3, -0.25) is 0 Å². The Labute approximate surface area is 94.6 Å². The van der Waals surface area contributed by atoms with E-state index in [1.807, 2.05) is 6.07 Å². The summed E-state index contributed by atoms with van der Waals surface area (Å²) < 4.78 is 5.44. The Morgan fingerprint density at radius 2 is 1.67 bits per heavy atom. The molecular weight excluding hydrogens is 203 g/mol. The van der Waals surface area contributed by atoms with Gasteiger partial charge in [-0.05, 0) is 18.4 Å². The fourth-order valence-electron chi connectivity index (χ4n) is 1.78. The van der Waals surface area contributed by atoms with Crippen LogP contribution in [0.25, 0.3) is 0 Å². The van der Waals surface area contributed by atoms with Crippen LogP contribution in [0.15, 0.2) is 24.3 Å². The SMILES string of the molecule is CCCP(CCC)c1ccccc1OC. The van der Waals surface area contributed by atoms with Gasteiger partial charge in [-0.1, -0.05) is 52.8 Å². The molecule has 2 heteroatoms. The van der Waals surface area contributed by atoms with Gasteiger partial charge in [0.25, 0.3) is 0 Å². The molecule has 1 nitrogen and oxygen atoms in total. The molecule has 15 heavy (non-hydrogen) atoms. The molecule has 0 saturated carbocycles. The van der Waals surface area contributed by atoms with Crippen LogP contribution in [0.2, 0.25) is 0 Å². The second-order valence-corrected chi connectivity index (χ2v) is 6.11. The third kappa shape index (κ3) is 3.50. The van der Waals surface area contributed by atoms with Crippen molar-refractivity contribution >= 4 is 13.2 Å². The number of benzene rings is 1. The summed E-state index contributed by atoms with van der Waals surface area (Å²) in [6.07, 6.45) is 5.18. The predicted molar refractivity (Wildman–Crippen MR) is 69.9 cm³/mol. The van der Waals surface area contributed by atoms with Gasteiger partial charge in [0.05, 0.1) is 7.11 Å². The Bertz CT molecular complexity index is 280. The summed E-state index contributed by atoms with van der Waals surface area (Å²) in [5.74, 6) is 1.07. The number of methoxy groups -OCH3 is 1. The summed E-state index contributed by atoms with van der Waals surface area (Å²) in [7, 11) is 1.76. The Balaban J connectivity index is 2.88. The van der Waals surface area contributed by atoms with E-state index in [1.54, 1.807) is 7.11 Å². The standard InChI is InChI=1S/C13H21OP/c1-4-10-15(11-5-2)13-9-7-6-8-12(13)14-3/h6-9H,4-5,10-11H2,1-3H3. The smallest absolute Gasteiger partial charge is 0.126 e. The molecule has 1 aromatic rings. The largest absolute Gasteiger partial charge is 0.496 e. The zero-order chi connectivity index (χ0) is 11.1. The molecule has 1 rings (SSSR count). The molecule has 0 radical (unpaired) electrons. The zero-order valence-electron chi connectivity index (χ0n) is 9.99. The Hall–Kier alpha value is -0.550. The van der Waals surface area contributed by atoms with Crippen molar-refractivity contribution in [2.24, 2.45) is 0 Å². The van der Waals surface area contributed by atoms with Gasteiger partial charge < -0.3 is 4.74 Å². The molecule has 0 amide bonds. The van der Waals surface area contributed by atoms with Crippen molar-refractivity contribution in [2.75, 3.05) is 19.4 Å². The first kappa shape index (κ1) is 12.5. The van der Waals surface area contributed by atoms with Gasteiger partial charge in [-0.15, -0.1) is 0 Å². The third-order valence-corrected chi connectivity index (χ3v) is 5.44. The average molecular weight is 224 g/mol. The first-order valence-corrected chi connectivity index (χ1v) is 7.42. The molecule has 0 bridgehead atoms. The van der Waals surface area contributed by atoms with Crippen LogP contribution in [0.3, 0.4) is 0 Å². The van der Waals surface area contributed by atoms with E-state index in [0.29, 0.717) is 0 Å². The van der Waals surface area contributed by atoms with Gasteiger partial charge >= 0.3 is 0 Å². The summed E-state index contributed by atoms with van der Waals surface area (Å²) in [5, 5.41) is 1.44. The lowest BCUT2D eigenvalue weighted by Gasteiger charge is -2.19. The van der Waals surface area contributed by atoms with Gasteiger partial charge in [0.1, 0.15) is 5.75 Å². The van der Waals surface area contributed by atoms with Crippen LogP contribution in [-0.4, -0.2) is 19.4 Å². The second kappa shape index (κ2) is 6.85. The van der Waals surface area contributed by atoms with Crippen molar-refractivity contribution in [1.29, 1.82) is 0 Å². The van der Waals surface area contributed by atoms with E-state index in [-0.39, 0.29) is 7.92 Å². The predicted octanol–water partition coefficient (Wildman–Crippen LogP) is 3.62. The number of ether oxygens (including phenoxy) is 1. The molecule has 0 aliphatic rings. The summed E-state index contributed by atoms with van der Waals surface area (Å²) in [4.78, 5) is 0. The van der Waals surface area contributed by atoms with Crippen molar-refractivity contribution in [3.8, 4) is 5.75 Å². The van der Waals surface area contributed by atoms with Crippen LogP contribution in [0, 0.1) is 0 Å². The molecule has 0 N–H and O–H groups in total. The normalized spacial score (nSPS) is 10.7. The van der Waals surface area contributed by atoms with Crippen LogP contribution in [0.1, 0.15) is 26.7 Å². The highest BCUT2D eigenvalue weighted by atomic mass is 31.1. The third-order valence-electron chi connectivity index (χ3n) is 2.41. The van der Waals surface area contributed by atoms with Gasteiger partial charge in [0.15, 0.2) is 0 Å². The van der Waals surface area contributed by atoms with Gasteiger partial charge in [0, 0.05) is 5.30 Å². The first-order valence-electron chi connectivity index (χ1n) is 5.71. The molecule has 0 fully saturated rings. The van der Waals surface area contributed by atoms with Gasteiger partial charge in [0.2, 0.25) is 0 Å². The molecule has 0 aliphatic heterocycles. The number of hydrogen-bond acceptors (Lipinski definition) is 1. The molecule has 84 valence electrons. The van der Waals surface area contributed by atoms with Crippen LogP contribution >= 0.6 is 7.92 Å². The minimum Gasteiger partial charge on any atom is -0.496 e. The molecule has 0 atom stereocenters. The van der Waals surface area contributed by atoms with E-state index in [4.69, 9.17) is 4.74 Å². The summed E-state index contributed by atoms with van der Waals surface area (Å²) in [6, 6.07) is 8.48. The number of rotatable bonds is 6. The highest BCUT2D eigenvalue weighted by Crippen LogP contribution is 2.38. The zero-order valence-corrected chi connectivity index (χ0v) is 10.9. The lowest BCUT2D eigenvalue weighted by Crippen LogP contribution is -2.09. The topological polar surface area (TPSA) is 9.23 Å². The number of hydrogen-bond donors (Lipinski definition) is 0. The van der Waals surface area contributed by atoms with Crippen molar-refractivity contribution in [1.82, 2.24) is 0 Å². The first-order chi connectivity index (χ1) is 7.33. The van der Waals surface area contributed by atoms with Crippen LogP contribution in [0.4, 0.5) is 0 Å². The fourth-order valence-corrected chi connectivity index (χ4v) is 4.34. The summed E-state index contributed by atoms with van der Waals surface area (Å²) >= 11 is 0. The molecule has 0 heterocycles.